The number of methoxy groups -OCH3 is 1. The average Bonchev–Trinajstić information content (AvgIpc) is 3.18. The number of hydrogen-bond donors (Lipinski definition) is 7. The molecule has 0 aliphatic carbocycles. The molecule has 328 valence electrons. The van der Waals surface area contributed by atoms with Crippen molar-refractivity contribution in [2.24, 2.45) is 17.2 Å². The lowest BCUT2D eigenvalue weighted by Crippen LogP contribution is -2.61. The number of carboxylic acid groups (broad SMARTS) is 1. The Morgan fingerprint density at radius 1 is 0.763 bits per heavy atom. The number of aliphatic carboxylic acids is 1. The van der Waals surface area contributed by atoms with Crippen LogP contribution in [0, 0.1) is 0 Å². The molecule has 59 heavy (non-hydrogen) atoms. The van der Waals surface area contributed by atoms with Crippen molar-refractivity contribution in [1.29, 1.82) is 0 Å². The first-order valence-electron chi connectivity index (χ1n) is 18.6. The SMILES string of the molecule is COC(=O)C1(N)CCN(C(=O)[C@@H](CCCCN)NC(=O)C(CCC(F)(F)F)NC(=O)[C@@H](Cc2ccccc2)NC(=O)[C@H](N)Cc2ccccc2)CC1.O=C(O)C(F)(F)F. The molecule has 1 aliphatic heterocycles. The highest BCUT2D eigenvalue weighted by atomic mass is 19.4. The molecule has 2 aromatic carbocycles. The highest BCUT2D eigenvalue weighted by Crippen LogP contribution is 2.24. The highest BCUT2D eigenvalue weighted by Gasteiger charge is 2.42. The van der Waals surface area contributed by atoms with Gasteiger partial charge in [-0.2, -0.15) is 26.3 Å². The maximum Gasteiger partial charge on any atom is 0.490 e. The molecule has 4 atom stereocenters. The number of rotatable bonds is 18. The monoisotopic (exact) mass is 847 g/mol. The van der Waals surface area contributed by atoms with Crippen molar-refractivity contribution in [2.75, 3.05) is 26.7 Å². The standard InChI is InChI=1S/C36H50F3N7O6.C2HF3O2/c1-52-34(51)35(42)17-20-46(21-18-35)33(50)28(14-8-9-19-40)44-31(48)27(15-16-36(37,38)39)43-32(49)29(23-25-12-6-3-7-13-25)45-30(47)26(41)22-24-10-4-2-5-11-24;3-2(4,5)1(6)7/h2-7,10-13,26-29H,8-9,14-23,40-42H2,1H3,(H,43,49)(H,44,48)(H,45,47);(H,6,7)/t26-,27?,28-,29-;/m1./s1. The molecule has 0 saturated carbocycles. The lowest BCUT2D eigenvalue weighted by Gasteiger charge is -2.38. The van der Waals surface area contributed by atoms with Crippen molar-refractivity contribution in [1.82, 2.24) is 20.9 Å². The molecule has 15 nitrogen and oxygen atoms in total. The van der Waals surface area contributed by atoms with E-state index in [4.69, 9.17) is 31.8 Å². The van der Waals surface area contributed by atoms with E-state index in [-0.39, 0.29) is 45.2 Å². The molecule has 2 aromatic rings. The molecule has 1 fully saturated rings. The summed E-state index contributed by atoms with van der Waals surface area (Å²) in [6.07, 6.45) is -10.6. The number of benzene rings is 2. The Hall–Kier alpha value is -5.28. The fraction of sp³-hybridized carbons (Fsp3) is 0.526. The van der Waals surface area contributed by atoms with Gasteiger partial charge in [-0.3, -0.25) is 24.0 Å². The Balaban J connectivity index is 0.00000157. The number of hydrogen-bond acceptors (Lipinski definition) is 10. The van der Waals surface area contributed by atoms with Gasteiger partial charge in [0.2, 0.25) is 23.6 Å². The third-order valence-electron chi connectivity index (χ3n) is 9.26. The van der Waals surface area contributed by atoms with E-state index >= 15 is 0 Å². The largest absolute Gasteiger partial charge is 0.490 e. The molecule has 1 aliphatic rings. The van der Waals surface area contributed by atoms with Gasteiger partial charge in [0.05, 0.1) is 13.2 Å². The molecule has 0 radical (unpaired) electrons. The lowest BCUT2D eigenvalue weighted by atomic mass is 9.88. The van der Waals surface area contributed by atoms with E-state index in [1.54, 1.807) is 54.6 Å². The summed E-state index contributed by atoms with van der Waals surface area (Å²) in [5, 5.41) is 14.7. The number of esters is 1. The number of nitrogens with zero attached hydrogens (tertiary/aromatic N) is 1. The molecule has 1 unspecified atom stereocenters. The van der Waals surface area contributed by atoms with Crippen LogP contribution in [0.15, 0.2) is 60.7 Å². The van der Waals surface area contributed by atoms with Crippen molar-refractivity contribution >= 4 is 35.6 Å². The number of carbonyl (C=O) groups excluding carboxylic acids is 5. The van der Waals surface area contributed by atoms with Crippen LogP contribution < -0.4 is 33.2 Å². The summed E-state index contributed by atoms with van der Waals surface area (Å²) in [4.78, 5) is 76.8. The summed E-state index contributed by atoms with van der Waals surface area (Å²) >= 11 is 0. The van der Waals surface area contributed by atoms with Gasteiger partial charge in [-0.05, 0) is 62.6 Å². The Kier molecular flexibility index (Phi) is 19.7. The van der Waals surface area contributed by atoms with E-state index in [2.05, 4.69) is 16.0 Å². The minimum Gasteiger partial charge on any atom is -0.475 e. The maximum absolute atomic E-state index is 13.8. The number of piperidine rings is 1. The number of unbranched alkanes of at least 4 members (excludes halogenated alkanes) is 1. The summed E-state index contributed by atoms with van der Waals surface area (Å²) in [5.74, 6) is -6.47. The summed E-state index contributed by atoms with van der Waals surface area (Å²) in [7, 11) is 1.21. The second kappa shape index (κ2) is 23.3. The average molecular weight is 848 g/mol. The van der Waals surface area contributed by atoms with Crippen LogP contribution in [0.25, 0.3) is 0 Å². The van der Waals surface area contributed by atoms with Gasteiger partial charge in [-0.25, -0.2) is 4.79 Å². The molecule has 1 saturated heterocycles. The summed E-state index contributed by atoms with van der Waals surface area (Å²) in [5.41, 5.74) is 18.1. The first-order chi connectivity index (χ1) is 27.6. The van der Waals surface area contributed by atoms with Crippen LogP contribution in [0.5, 0.6) is 0 Å². The number of amides is 4. The second-order valence-corrected chi connectivity index (χ2v) is 13.9. The quantitative estimate of drug-likeness (QED) is 0.0648. The van der Waals surface area contributed by atoms with Crippen LogP contribution in [-0.2, 0) is 46.3 Å². The lowest BCUT2D eigenvalue weighted by molar-refractivity contribution is -0.192. The number of alkyl halides is 6. The number of ether oxygens (including phenoxy) is 1. The zero-order valence-corrected chi connectivity index (χ0v) is 32.3. The number of nitrogens with one attached hydrogen (secondary N) is 3. The van der Waals surface area contributed by atoms with Gasteiger partial charge in [0.1, 0.15) is 23.7 Å². The van der Waals surface area contributed by atoms with Crippen molar-refractivity contribution < 1.29 is 65.0 Å². The number of halogens is 6. The zero-order chi connectivity index (χ0) is 44.4. The molecule has 4 amide bonds. The predicted molar refractivity (Wildman–Crippen MR) is 201 cm³/mol. The van der Waals surface area contributed by atoms with Crippen LogP contribution >= 0.6 is 0 Å². The Bertz CT molecular complexity index is 1680. The molecular weight excluding hydrogens is 796 g/mol. The van der Waals surface area contributed by atoms with Gasteiger partial charge in [0.15, 0.2) is 0 Å². The Labute approximate surface area is 336 Å². The van der Waals surface area contributed by atoms with E-state index in [1.165, 1.54) is 12.0 Å². The number of carboxylic acids is 1. The van der Waals surface area contributed by atoms with E-state index < -0.39 is 90.5 Å². The van der Waals surface area contributed by atoms with E-state index in [0.717, 1.165) is 5.56 Å². The van der Waals surface area contributed by atoms with E-state index in [0.29, 0.717) is 24.9 Å². The second-order valence-electron chi connectivity index (χ2n) is 13.9. The fourth-order valence-corrected chi connectivity index (χ4v) is 5.92. The van der Waals surface area contributed by atoms with Crippen molar-refractivity contribution in [3.63, 3.8) is 0 Å². The highest BCUT2D eigenvalue weighted by molar-refractivity contribution is 5.95. The normalized spacial score (nSPS) is 15.9. The van der Waals surface area contributed by atoms with Crippen LogP contribution in [0.3, 0.4) is 0 Å². The van der Waals surface area contributed by atoms with Gasteiger partial charge in [0.25, 0.3) is 0 Å². The molecule has 0 aromatic heterocycles. The topological polar surface area (TPSA) is 249 Å². The number of carbonyl (C=O) groups is 6. The van der Waals surface area contributed by atoms with Crippen LogP contribution in [0.1, 0.15) is 56.1 Å². The minimum atomic E-state index is -5.08. The van der Waals surface area contributed by atoms with Gasteiger partial charge in [-0.1, -0.05) is 60.7 Å². The predicted octanol–water partition coefficient (Wildman–Crippen LogP) is 1.85. The third-order valence-corrected chi connectivity index (χ3v) is 9.26. The number of likely N-dealkylation sites (tertiary alicyclic amines) is 1. The van der Waals surface area contributed by atoms with Gasteiger partial charge in [0, 0.05) is 25.9 Å². The van der Waals surface area contributed by atoms with Crippen molar-refractivity contribution in [3.8, 4) is 0 Å². The molecule has 21 heteroatoms. The van der Waals surface area contributed by atoms with Crippen molar-refractivity contribution in [3.05, 3.63) is 71.8 Å². The molecule has 1 heterocycles. The fourth-order valence-electron chi connectivity index (χ4n) is 5.92. The van der Waals surface area contributed by atoms with Crippen LogP contribution in [0.4, 0.5) is 26.3 Å². The van der Waals surface area contributed by atoms with Crippen LogP contribution in [-0.4, -0.2) is 114 Å². The minimum absolute atomic E-state index is 0.0482. The molecule has 0 spiro atoms. The summed E-state index contributed by atoms with van der Waals surface area (Å²) in [6.45, 7) is 0.464. The Morgan fingerprint density at radius 3 is 1.71 bits per heavy atom. The van der Waals surface area contributed by atoms with E-state index in [9.17, 15) is 50.3 Å². The molecule has 0 bridgehead atoms. The van der Waals surface area contributed by atoms with Crippen molar-refractivity contribution in [2.45, 2.75) is 99.8 Å². The van der Waals surface area contributed by atoms with E-state index in [1.807, 2.05) is 6.07 Å². The smallest absolute Gasteiger partial charge is 0.475 e. The number of nitrogens with two attached hydrogens (primary N) is 3. The van der Waals surface area contributed by atoms with Gasteiger partial charge >= 0.3 is 24.3 Å². The molecule has 10 N–H and O–H groups in total. The molecular formula is C38H51F6N7O8. The van der Waals surface area contributed by atoms with Crippen LogP contribution in [0.2, 0.25) is 0 Å². The first kappa shape index (κ1) is 49.9. The summed E-state index contributed by atoms with van der Waals surface area (Å²) < 4.78 is 76.9. The third kappa shape index (κ3) is 17.6. The zero-order valence-electron chi connectivity index (χ0n) is 32.3. The Morgan fingerprint density at radius 2 is 1.24 bits per heavy atom. The van der Waals surface area contributed by atoms with Gasteiger partial charge < -0.3 is 47.9 Å². The maximum atomic E-state index is 13.8. The summed E-state index contributed by atoms with van der Waals surface area (Å²) in [6, 6.07) is 12.3. The molecule has 3 rings (SSSR count). The van der Waals surface area contributed by atoms with Gasteiger partial charge in [-0.15, -0.1) is 0 Å². The first-order valence-corrected chi connectivity index (χ1v) is 18.6.